The van der Waals surface area contributed by atoms with Crippen LogP contribution in [0.3, 0.4) is 0 Å². The van der Waals surface area contributed by atoms with Gasteiger partial charge in [0.05, 0.1) is 38.1 Å². The molecule has 1 aliphatic heterocycles. The summed E-state index contributed by atoms with van der Waals surface area (Å²) >= 11 is 0. The highest BCUT2D eigenvalue weighted by molar-refractivity contribution is 6.12. The summed E-state index contributed by atoms with van der Waals surface area (Å²) in [5.41, 5.74) is 5.79. The van der Waals surface area contributed by atoms with Gasteiger partial charge in [-0.05, 0) is 90.2 Å². The molecule has 5 rings (SSSR count). The third-order valence-corrected chi connectivity index (χ3v) is 7.71. The first-order valence-corrected chi connectivity index (χ1v) is 14.3. The molecular formula is C35H35N3O6. The number of amides is 2. The molecule has 0 radical (unpaired) electrons. The van der Waals surface area contributed by atoms with Gasteiger partial charge < -0.3 is 24.8 Å². The molecule has 1 heterocycles. The predicted octanol–water partition coefficient (Wildman–Crippen LogP) is 5.60. The van der Waals surface area contributed by atoms with Crippen molar-refractivity contribution in [1.82, 2.24) is 4.90 Å². The molecule has 0 bridgehead atoms. The number of nitrogens with one attached hydrogen (secondary N) is 2. The van der Waals surface area contributed by atoms with Gasteiger partial charge >= 0.3 is 5.97 Å². The Labute approximate surface area is 256 Å². The molecule has 2 N–H and O–H groups in total. The van der Waals surface area contributed by atoms with Crippen LogP contribution in [0.25, 0.3) is 0 Å². The minimum Gasteiger partial charge on any atom is -0.493 e. The fourth-order valence-electron chi connectivity index (χ4n) is 5.23. The second-order valence-corrected chi connectivity index (χ2v) is 10.5. The number of benzene rings is 4. The van der Waals surface area contributed by atoms with E-state index < -0.39 is 11.9 Å². The zero-order valence-corrected chi connectivity index (χ0v) is 25.0. The molecule has 0 atom stereocenters. The SMILES string of the molecule is COC(=O)c1ccc(C(=O)Nc2ccccc2C(=O)Nc2ccc(CCN3CCc4cc(OC)c(OC)cc4C3)cc2)cc1. The van der Waals surface area contributed by atoms with Gasteiger partial charge in [0.15, 0.2) is 11.5 Å². The van der Waals surface area contributed by atoms with E-state index >= 15 is 0 Å². The number of methoxy groups -OCH3 is 3. The fourth-order valence-corrected chi connectivity index (χ4v) is 5.23. The molecule has 0 spiro atoms. The summed E-state index contributed by atoms with van der Waals surface area (Å²) in [6.07, 6.45) is 1.84. The van der Waals surface area contributed by atoms with Crippen molar-refractivity contribution in [2.45, 2.75) is 19.4 Å². The monoisotopic (exact) mass is 593 g/mol. The number of fused-ring (bicyclic) bond motifs is 1. The van der Waals surface area contributed by atoms with E-state index in [1.165, 1.54) is 48.1 Å². The van der Waals surface area contributed by atoms with Crippen LogP contribution in [-0.2, 0) is 24.1 Å². The van der Waals surface area contributed by atoms with Gasteiger partial charge in [-0.25, -0.2) is 4.79 Å². The third kappa shape index (κ3) is 7.07. The number of esters is 1. The fraction of sp³-hybridized carbons (Fsp3) is 0.229. The number of nitrogens with zero attached hydrogens (tertiary/aromatic N) is 1. The molecular weight excluding hydrogens is 558 g/mol. The van der Waals surface area contributed by atoms with Crippen molar-refractivity contribution in [3.8, 4) is 11.5 Å². The number of rotatable bonds is 10. The van der Waals surface area contributed by atoms with Crippen molar-refractivity contribution >= 4 is 29.2 Å². The van der Waals surface area contributed by atoms with Crippen LogP contribution in [0.2, 0.25) is 0 Å². The first-order valence-electron chi connectivity index (χ1n) is 14.3. The van der Waals surface area contributed by atoms with E-state index in [1.807, 2.05) is 24.3 Å². The zero-order valence-electron chi connectivity index (χ0n) is 25.0. The van der Waals surface area contributed by atoms with Crippen LogP contribution in [0.4, 0.5) is 11.4 Å². The van der Waals surface area contributed by atoms with Gasteiger partial charge in [0, 0.05) is 30.9 Å². The topological polar surface area (TPSA) is 106 Å². The zero-order chi connectivity index (χ0) is 31.1. The van der Waals surface area contributed by atoms with Gasteiger partial charge in [-0.2, -0.15) is 0 Å². The van der Waals surface area contributed by atoms with Crippen LogP contribution in [0, 0.1) is 0 Å². The predicted molar refractivity (Wildman–Crippen MR) is 169 cm³/mol. The lowest BCUT2D eigenvalue weighted by Gasteiger charge is -2.29. The van der Waals surface area contributed by atoms with Crippen LogP contribution < -0.4 is 20.1 Å². The molecule has 44 heavy (non-hydrogen) atoms. The summed E-state index contributed by atoms with van der Waals surface area (Å²) in [7, 11) is 4.61. The van der Waals surface area contributed by atoms with E-state index in [2.05, 4.69) is 27.7 Å². The van der Waals surface area contributed by atoms with E-state index in [-0.39, 0.29) is 5.91 Å². The van der Waals surface area contributed by atoms with E-state index in [0.717, 1.165) is 44.0 Å². The Hall–Kier alpha value is -5.15. The van der Waals surface area contributed by atoms with Gasteiger partial charge in [-0.1, -0.05) is 24.3 Å². The molecule has 0 unspecified atom stereocenters. The Kier molecular flexibility index (Phi) is 9.56. The number of ether oxygens (including phenoxy) is 3. The maximum atomic E-state index is 13.2. The number of hydrogen-bond donors (Lipinski definition) is 2. The second kappa shape index (κ2) is 13.9. The summed E-state index contributed by atoms with van der Waals surface area (Å²) in [5.74, 6) is 0.297. The van der Waals surface area contributed by atoms with Gasteiger partial charge in [0.25, 0.3) is 11.8 Å². The number of hydrogen-bond acceptors (Lipinski definition) is 7. The van der Waals surface area contributed by atoms with Crippen molar-refractivity contribution in [2.75, 3.05) is 45.1 Å². The smallest absolute Gasteiger partial charge is 0.337 e. The van der Waals surface area contributed by atoms with Crippen molar-refractivity contribution < 1.29 is 28.6 Å². The van der Waals surface area contributed by atoms with Crippen LogP contribution in [0.1, 0.15) is 47.8 Å². The number of carbonyl (C=O) groups excluding carboxylic acids is 3. The number of carbonyl (C=O) groups is 3. The van der Waals surface area contributed by atoms with Crippen molar-refractivity contribution in [2.24, 2.45) is 0 Å². The standard InChI is InChI=1S/C35H35N3O6/c1-42-31-20-26-17-19-38(22-27(26)21-32(31)43-2)18-16-23-8-14-28(15-9-23)36-34(40)29-6-4-5-7-30(29)37-33(39)24-10-12-25(13-11-24)35(41)44-3/h4-15,20-21H,16-19,22H2,1-3H3,(H,36,40)(H,37,39). The lowest BCUT2D eigenvalue weighted by atomic mass is 9.98. The van der Waals surface area contributed by atoms with E-state index in [1.54, 1.807) is 38.5 Å². The largest absolute Gasteiger partial charge is 0.493 e. The molecule has 4 aromatic rings. The maximum Gasteiger partial charge on any atom is 0.337 e. The molecule has 9 heteroatoms. The first-order chi connectivity index (χ1) is 21.4. The number of para-hydroxylation sites is 1. The molecule has 4 aromatic carbocycles. The summed E-state index contributed by atoms with van der Waals surface area (Å²) < 4.78 is 15.6. The minimum absolute atomic E-state index is 0.329. The number of anilines is 2. The van der Waals surface area contributed by atoms with Gasteiger partial charge in [0.1, 0.15) is 0 Å². The highest BCUT2D eigenvalue weighted by Gasteiger charge is 2.20. The molecule has 0 saturated heterocycles. The average Bonchev–Trinajstić information content (AvgIpc) is 3.07. The molecule has 0 fully saturated rings. The van der Waals surface area contributed by atoms with Crippen LogP contribution in [0.5, 0.6) is 11.5 Å². The van der Waals surface area contributed by atoms with Gasteiger partial charge in [0.2, 0.25) is 0 Å². The first kappa shape index (κ1) is 30.3. The highest BCUT2D eigenvalue weighted by Crippen LogP contribution is 2.33. The Morgan fingerprint density at radius 3 is 2.09 bits per heavy atom. The maximum absolute atomic E-state index is 13.2. The lowest BCUT2D eigenvalue weighted by molar-refractivity contribution is 0.0600. The molecule has 0 aromatic heterocycles. The Morgan fingerprint density at radius 1 is 0.750 bits per heavy atom. The second-order valence-electron chi connectivity index (χ2n) is 10.5. The minimum atomic E-state index is -0.483. The quantitative estimate of drug-likeness (QED) is 0.231. The van der Waals surface area contributed by atoms with Crippen molar-refractivity contribution in [3.63, 3.8) is 0 Å². The third-order valence-electron chi connectivity index (χ3n) is 7.71. The van der Waals surface area contributed by atoms with E-state index in [4.69, 9.17) is 14.2 Å². The van der Waals surface area contributed by atoms with E-state index in [0.29, 0.717) is 28.1 Å². The van der Waals surface area contributed by atoms with Crippen LogP contribution in [-0.4, -0.2) is 57.1 Å². The Morgan fingerprint density at radius 2 is 1.41 bits per heavy atom. The van der Waals surface area contributed by atoms with Crippen molar-refractivity contribution in [3.05, 3.63) is 118 Å². The van der Waals surface area contributed by atoms with Crippen LogP contribution in [0.15, 0.2) is 84.9 Å². The Bertz CT molecular complexity index is 1650. The lowest BCUT2D eigenvalue weighted by Crippen LogP contribution is -2.32. The summed E-state index contributed by atoms with van der Waals surface area (Å²) in [4.78, 5) is 40.1. The molecule has 0 aliphatic carbocycles. The molecule has 1 aliphatic rings. The van der Waals surface area contributed by atoms with E-state index in [9.17, 15) is 14.4 Å². The molecule has 226 valence electrons. The molecule has 9 nitrogen and oxygen atoms in total. The average molecular weight is 594 g/mol. The van der Waals surface area contributed by atoms with Crippen molar-refractivity contribution in [1.29, 1.82) is 0 Å². The highest BCUT2D eigenvalue weighted by atomic mass is 16.5. The summed E-state index contributed by atoms with van der Waals surface area (Å²) in [6, 6.07) is 24.9. The normalized spacial score (nSPS) is 12.5. The van der Waals surface area contributed by atoms with Crippen LogP contribution >= 0.6 is 0 Å². The van der Waals surface area contributed by atoms with Gasteiger partial charge in [-0.3, -0.25) is 14.5 Å². The molecule has 2 amide bonds. The van der Waals surface area contributed by atoms with Gasteiger partial charge in [-0.15, -0.1) is 0 Å². The summed E-state index contributed by atoms with van der Waals surface area (Å²) in [6.45, 7) is 2.75. The Balaban J connectivity index is 1.16. The summed E-state index contributed by atoms with van der Waals surface area (Å²) in [5, 5.41) is 5.73. The molecule has 0 saturated carbocycles.